The molecule has 0 spiro atoms. The maximum Gasteiger partial charge on any atom is 0.433 e. The number of hydrogen-bond acceptors (Lipinski definition) is 2. The van der Waals surface area contributed by atoms with E-state index in [9.17, 15) is 13.2 Å². The number of alkyl halides is 3. The van der Waals surface area contributed by atoms with E-state index in [1.54, 1.807) is 6.92 Å². The lowest BCUT2D eigenvalue weighted by molar-refractivity contribution is -0.141. The molecule has 34 heavy (non-hydrogen) atoms. The molecule has 2 rings (SSSR count). The fraction of sp³-hybridized carbons (Fsp3) is 0.448. The molecular formula is C29H45F3N2. The Bertz CT molecular complexity index is 827. The first-order valence-electron chi connectivity index (χ1n) is 11.7. The van der Waals surface area contributed by atoms with Crippen LogP contribution in [0.3, 0.4) is 0 Å². The quantitative estimate of drug-likeness (QED) is 0.410. The van der Waals surface area contributed by atoms with Gasteiger partial charge in [0.15, 0.2) is 0 Å². The Labute approximate surface area is 206 Å². The van der Waals surface area contributed by atoms with E-state index in [1.165, 1.54) is 22.8 Å². The summed E-state index contributed by atoms with van der Waals surface area (Å²) in [5, 5.41) is 0. The van der Waals surface area contributed by atoms with Crippen molar-refractivity contribution in [3.8, 4) is 0 Å². The second-order valence-corrected chi connectivity index (χ2v) is 7.47. The van der Waals surface area contributed by atoms with E-state index in [0.717, 1.165) is 18.0 Å². The van der Waals surface area contributed by atoms with Gasteiger partial charge in [-0.2, -0.15) is 13.2 Å². The standard InChI is InChI=1S/C11H18.C7H6F3N.C7H9N.2C2H6/c1-6-7-11(10(4)5)8-9(2)3;1-5-2-3-11-6(4-5)7(8,9)10;1-6-3-4-8-7(2)5-6;2*1-2/h6-8,10H,1H2,2-5H3;2-4H,1H3;3-5H,1-2H3;2*1-2H3/b11-7+;;;;. The van der Waals surface area contributed by atoms with Gasteiger partial charge in [-0.3, -0.25) is 9.97 Å². The van der Waals surface area contributed by atoms with Crippen molar-refractivity contribution >= 4 is 0 Å². The van der Waals surface area contributed by atoms with Gasteiger partial charge in [0.1, 0.15) is 5.69 Å². The molecule has 2 aromatic rings. The number of halogens is 3. The molecule has 0 aliphatic heterocycles. The lowest BCUT2D eigenvalue weighted by Crippen LogP contribution is -2.07. The van der Waals surface area contributed by atoms with Gasteiger partial charge in [-0.05, 0) is 81.5 Å². The van der Waals surface area contributed by atoms with Crippen LogP contribution in [-0.2, 0) is 6.18 Å². The van der Waals surface area contributed by atoms with Gasteiger partial charge < -0.3 is 0 Å². The zero-order chi connectivity index (χ0) is 27.3. The number of pyridine rings is 2. The van der Waals surface area contributed by atoms with Crippen LogP contribution in [-0.4, -0.2) is 9.97 Å². The maximum atomic E-state index is 11.9. The number of allylic oxidation sites excluding steroid dienone is 5. The van der Waals surface area contributed by atoms with E-state index >= 15 is 0 Å². The number of rotatable bonds is 3. The van der Waals surface area contributed by atoms with Crippen molar-refractivity contribution in [1.82, 2.24) is 9.97 Å². The summed E-state index contributed by atoms with van der Waals surface area (Å²) in [6, 6.07) is 6.59. The molecule has 0 aliphatic rings. The van der Waals surface area contributed by atoms with Crippen LogP contribution in [0.1, 0.15) is 77.9 Å². The summed E-state index contributed by atoms with van der Waals surface area (Å²) in [6.45, 7) is 25.9. The molecule has 2 aromatic heterocycles. The first kappa shape index (κ1) is 35.9. The average Bonchev–Trinajstić information content (AvgIpc) is 2.76. The molecule has 0 fully saturated rings. The Balaban J connectivity index is -0.000000398. The first-order valence-corrected chi connectivity index (χ1v) is 11.7. The van der Waals surface area contributed by atoms with Crippen molar-refractivity contribution in [2.75, 3.05) is 0 Å². The molecule has 0 saturated heterocycles. The Morgan fingerprint density at radius 3 is 1.62 bits per heavy atom. The van der Waals surface area contributed by atoms with Crippen LogP contribution in [0.5, 0.6) is 0 Å². The predicted octanol–water partition coefficient (Wildman–Crippen LogP) is 9.88. The van der Waals surface area contributed by atoms with Gasteiger partial charge in [-0.15, -0.1) is 0 Å². The lowest BCUT2D eigenvalue weighted by atomic mass is 10.0. The number of aromatic nitrogens is 2. The summed E-state index contributed by atoms with van der Waals surface area (Å²) >= 11 is 0. The number of hydrogen-bond donors (Lipinski definition) is 0. The summed E-state index contributed by atoms with van der Waals surface area (Å²) in [6.07, 6.45) is 4.76. The third-order valence-electron chi connectivity index (χ3n) is 3.69. The fourth-order valence-corrected chi connectivity index (χ4v) is 2.26. The highest BCUT2D eigenvalue weighted by molar-refractivity contribution is 5.26. The zero-order valence-electron chi connectivity index (χ0n) is 23.0. The van der Waals surface area contributed by atoms with Gasteiger partial charge >= 0.3 is 6.18 Å². The highest BCUT2D eigenvalue weighted by Crippen LogP contribution is 2.27. The summed E-state index contributed by atoms with van der Waals surface area (Å²) in [7, 11) is 0. The van der Waals surface area contributed by atoms with Gasteiger partial charge in [-0.25, -0.2) is 0 Å². The average molecular weight is 479 g/mol. The van der Waals surface area contributed by atoms with Gasteiger partial charge in [0.25, 0.3) is 0 Å². The summed E-state index contributed by atoms with van der Waals surface area (Å²) in [5.74, 6) is 0.586. The van der Waals surface area contributed by atoms with Crippen LogP contribution >= 0.6 is 0 Å². The van der Waals surface area contributed by atoms with Crippen molar-refractivity contribution < 1.29 is 13.2 Å². The van der Waals surface area contributed by atoms with E-state index < -0.39 is 11.9 Å². The maximum absolute atomic E-state index is 11.9. The van der Waals surface area contributed by atoms with Crippen molar-refractivity contribution in [3.05, 3.63) is 95.1 Å². The topological polar surface area (TPSA) is 25.8 Å². The molecule has 0 atom stereocenters. The highest BCUT2D eigenvalue weighted by Gasteiger charge is 2.32. The van der Waals surface area contributed by atoms with Gasteiger partial charge in [-0.1, -0.05) is 71.9 Å². The third-order valence-corrected chi connectivity index (χ3v) is 3.69. The van der Waals surface area contributed by atoms with Crippen molar-refractivity contribution in [3.63, 3.8) is 0 Å². The number of nitrogens with zero attached hydrogens (tertiary/aromatic N) is 2. The van der Waals surface area contributed by atoms with Gasteiger partial charge in [0, 0.05) is 18.1 Å². The summed E-state index contributed by atoms with van der Waals surface area (Å²) in [5.41, 5.74) is 4.78. The van der Waals surface area contributed by atoms with Gasteiger partial charge in [0.2, 0.25) is 0 Å². The smallest absolute Gasteiger partial charge is 0.262 e. The summed E-state index contributed by atoms with van der Waals surface area (Å²) in [4.78, 5) is 7.23. The first-order chi connectivity index (χ1) is 15.9. The van der Waals surface area contributed by atoms with E-state index in [4.69, 9.17) is 0 Å². The van der Waals surface area contributed by atoms with Crippen LogP contribution in [0.15, 0.2) is 72.6 Å². The predicted molar refractivity (Wildman–Crippen MR) is 143 cm³/mol. The molecule has 0 bridgehead atoms. The van der Waals surface area contributed by atoms with Crippen molar-refractivity contribution in [2.24, 2.45) is 5.92 Å². The van der Waals surface area contributed by atoms with E-state index in [2.05, 4.69) is 69.4 Å². The Kier molecular flexibility index (Phi) is 22.0. The molecule has 0 aliphatic carbocycles. The molecule has 192 valence electrons. The van der Waals surface area contributed by atoms with Crippen LogP contribution in [0.4, 0.5) is 13.2 Å². The van der Waals surface area contributed by atoms with Crippen molar-refractivity contribution in [2.45, 2.75) is 82.3 Å². The second kappa shape index (κ2) is 20.9. The minimum absolute atomic E-state index is 0.562. The molecule has 0 amide bonds. The minimum Gasteiger partial charge on any atom is -0.262 e. The number of aryl methyl sites for hydroxylation is 3. The Morgan fingerprint density at radius 1 is 0.882 bits per heavy atom. The molecule has 5 heteroatoms. The fourth-order valence-electron chi connectivity index (χ4n) is 2.26. The largest absolute Gasteiger partial charge is 0.433 e. The molecule has 0 unspecified atom stereocenters. The van der Waals surface area contributed by atoms with Crippen LogP contribution in [0.25, 0.3) is 0 Å². The second-order valence-electron chi connectivity index (χ2n) is 7.47. The van der Waals surface area contributed by atoms with E-state index in [-0.39, 0.29) is 0 Å². The van der Waals surface area contributed by atoms with E-state index in [0.29, 0.717) is 11.5 Å². The highest BCUT2D eigenvalue weighted by atomic mass is 19.4. The molecule has 0 aromatic carbocycles. The molecule has 2 heterocycles. The minimum atomic E-state index is -4.33. The monoisotopic (exact) mass is 478 g/mol. The SMILES string of the molecule is C=C/C=C(\C=C(C)C)C(C)C.CC.CC.Cc1ccnc(C(F)(F)F)c1.Cc1ccnc(C)c1. The normalized spacial score (nSPS) is 10.0. The zero-order valence-corrected chi connectivity index (χ0v) is 23.0. The molecular weight excluding hydrogens is 433 g/mol. The Hall–Kier alpha value is -2.69. The molecule has 0 saturated carbocycles. The summed E-state index contributed by atoms with van der Waals surface area (Å²) < 4.78 is 35.7. The van der Waals surface area contributed by atoms with Crippen molar-refractivity contribution in [1.29, 1.82) is 0 Å². The van der Waals surface area contributed by atoms with E-state index in [1.807, 2.05) is 53.0 Å². The van der Waals surface area contributed by atoms with Crippen LogP contribution < -0.4 is 0 Å². The molecule has 0 radical (unpaired) electrons. The lowest BCUT2D eigenvalue weighted by Gasteiger charge is -2.05. The molecule has 2 nitrogen and oxygen atoms in total. The third kappa shape index (κ3) is 20.0. The molecule has 0 N–H and O–H groups in total. The van der Waals surface area contributed by atoms with Gasteiger partial charge in [0.05, 0.1) is 0 Å². The van der Waals surface area contributed by atoms with Crippen LogP contribution in [0, 0.1) is 26.7 Å². The van der Waals surface area contributed by atoms with Crippen LogP contribution in [0.2, 0.25) is 0 Å². The Morgan fingerprint density at radius 2 is 1.35 bits per heavy atom.